The van der Waals surface area contributed by atoms with Gasteiger partial charge in [0.15, 0.2) is 5.11 Å². The van der Waals surface area contributed by atoms with Crippen molar-refractivity contribution in [1.29, 1.82) is 0 Å². The van der Waals surface area contributed by atoms with Gasteiger partial charge in [-0.3, -0.25) is 14.8 Å². The van der Waals surface area contributed by atoms with Gasteiger partial charge in [-0.1, -0.05) is 6.07 Å². The standard InChI is InChI=1S/C17H17F3N4OS/c1-3-21-16(26)24-15(25)14(12-5-4-7-22-10(12)2)13-9-11(6-8-23-13)17(18,19)20/h4-9,14H,3H2,1-2H3,(H2,21,24,25,26). The van der Waals surface area contributed by atoms with Gasteiger partial charge in [0, 0.05) is 24.6 Å². The summed E-state index contributed by atoms with van der Waals surface area (Å²) in [5.41, 5.74) is 0.0566. The number of thiocarbonyl (C=S) groups is 1. The van der Waals surface area contributed by atoms with Crippen LogP contribution in [0.4, 0.5) is 13.2 Å². The molecule has 1 amide bonds. The zero-order valence-corrected chi connectivity index (χ0v) is 14.9. The highest BCUT2D eigenvalue weighted by Crippen LogP contribution is 2.32. The number of carbonyl (C=O) groups is 1. The number of aryl methyl sites for hydroxylation is 1. The number of pyridine rings is 2. The van der Waals surface area contributed by atoms with Gasteiger partial charge in [0.1, 0.15) is 5.92 Å². The number of nitrogens with one attached hydrogen (secondary N) is 2. The van der Waals surface area contributed by atoms with E-state index < -0.39 is 23.6 Å². The maximum Gasteiger partial charge on any atom is 0.416 e. The summed E-state index contributed by atoms with van der Waals surface area (Å²) in [6.45, 7) is 3.97. The third-order valence-electron chi connectivity index (χ3n) is 3.60. The molecule has 2 rings (SSSR count). The van der Waals surface area contributed by atoms with Crippen molar-refractivity contribution >= 4 is 23.2 Å². The second-order valence-corrected chi connectivity index (χ2v) is 5.84. The van der Waals surface area contributed by atoms with E-state index in [4.69, 9.17) is 12.2 Å². The molecule has 5 nitrogen and oxygen atoms in total. The molecule has 0 aliphatic carbocycles. The summed E-state index contributed by atoms with van der Waals surface area (Å²) < 4.78 is 39.2. The van der Waals surface area contributed by atoms with Crippen molar-refractivity contribution in [2.45, 2.75) is 25.9 Å². The molecule has 9 heteroatoms. The number of alkyl halides is 3. The predicted molar refractivity (Wildman–Crippen MR) is 94.5 cm³/mol. The summed E-state index contributed by atoms with van der Waals surface area (Å²) in [6, 6.07) is 4.97. The minimum Gasteiger partial charge on any atom is -0.363 e. The van der Waals surface area contributed by atoms with Crippen LogP contribution in [0.2, 0.25) is 0 Å². The van der Waals surface area contributed by atoms with Crippen molar-refractivity contribution in [2.75, 3.05) is 6.54 Å². The van der Waals surface area contributed by atoms with E-state index in [9.17, 15) is 18.0 Å². The molecule has 0 bridgehead atoms. The minimum absolute atomic E-state index is 0.0345. The molecule has 2 aromatic rings. The number of amides is 1. The van der Waals surface area contributed by atoms with Crippen LogP contribution in [0.25, 0.3) is 0 Å². The first-order chi connectivity index (χ1) is 12.2. The van der Waals surface area contributed by atoms with Gasteiger partial charge in [-0.15, -0.1) is 0 Å². The number of aromatic nitrogens is 2. The molecule has 0 radical (unpaired) electrons. The fraction of sp³-hybridized carbons (Fsp3) is 0.294. The summed E-state index contributed by atoms with van der Waals surface area (Å²) >= 11 is 5.01. The van der Waals surface area contributed by atoms with Gasteiger partial charge < -0.3 is 10.6 Å². The van der Waals surface area contributed by atoms with Crippen LogP contribution in [0.1, 0.15) is 35.4 Å². The smallest absolute Gasteiger partial charge is 0.363 e. The molecule has 138 valence electrons. The maximum atomic E-state index is 13.1. The number of hydrogen-bond acceptors (Lipinski definition) is 4. The summed E-state index contributed by atoms with van der Waals surface area (Å²) in [5.74, 6) is -1.67. The molecule has 1 unspecified atom stereocenters. The van der Waals surface area contributed by atoms with Gasteiger partial charge in [-0.2, -0.15) is 13.2 Å². The van der Waals surface area contributed by atoms with Gasteiger partial charge in [0.25, 0.3) is 0 Å². The van der Waals surface area contributed by atoms with Crippen molar-refractivity contribution in [3.63, 3.8) is 0 Å². The number of halogens is 3. The summed E-state index contributed by atoms with van der Waals surface area (Å²) in [4.78, 5) is 20.9. The van der Waals surface area contributed by atoms with Crippen LogP contribution in [0.3, 0.4) is 0 Å². The molecule has 0 aliphatic heterocycles. The van der Waals surface area contributed by atoms with Gasteiger partial charge >= 0.3 is 6.18 Å². The minimum atomic E-state index is -4.54. The lowest BCUT2D eigenvalue weighted by atomic mass is 9.92. The van der Waals surface area contributed by atoms with Crippen LogP contribution < -0.4 is 10.6 Å². The molecule has 0 aromatic carbocycles. The van der Waals surface area contributed by atoms with Crippen molar-refractivity contribution in [3.05, 3.63) is 59.2 Å². The Morgan fingerprint density at radius 2 is 2.00 bits per heavy atom. The van der Waals surface area contributed by atoms with Crippen LogP contribution in [-0.4, -0.2) is 27.5 Å². The van der Waals surface area contributed by atoms with Gasteiger partial charge in [-0.25, -0.2) is 0 Å². The topological polar surface area (TPSA) is 66.9 Å². The molecule has 2 heterocycles. The Morgan fingerprint density at radius 3 is 2.62 bits per heavy atom. The largest absolute Gasteiger partial charge is 0.416 e. The second-order valence-electron chi connectivity index (χ2n) is 5.43. The highest BCUT2D eigenvalue weighted by atomic mass is 32.1. The Hall–Kier alpha value is -2.55. The molecule has 2 aromatic heterocycles. The van der Waals surface area contributed by atoms with Crippen molar-refractivity contribution in [3.8, 4) is 0 Å². The van der Waals surface area contributed by atoms with E-state index in [1.165, 1.54) is 6.20 Å². The molecule has 0 spiro atoms. The average molecular weight is 382 g/mol. The van der Waals surface area contributed by atoms with Crippen LogP contribution in [0.15, 0.2) is 36.7 Å². The molecule has 0 saturated carbocycles. The highest BCUT2D eigenvalue weighted by molar-refractivity contribution is 7.80. The maximum absolute atomic E-state index is 13.1. The van der Waals surface area contributed by atoms with E-state index in [2.05, 4.69) is 20.6 Å². The fourth-order valence-corrected chi connectivity index (χ4v) is 2.65. The SMILES string of the molecule is CCNC(=S)NC(=O)C(c1cc(C(F)(F)F)ccn1)c1cccnc1C. The lowest BCUT2D eigenvalue weighted by Crippen LogP contribution is -2.42. The predicted octanol–water partition coefficient (Wildman–Crippen LogP) is 2.95. The molecule has 1 atom stereocenters. The van der Waals surface area contributed by atoms with E-state index in [0.717, 1.165) is 18.3 Å². The third kappa shape index (κ3) is 4.75. The Morgan fingerprint density at radius 1 is 1.27 bits per heavy atom. The van der Waals surface area contributed by atoms with E-state index in [1.807, 2.05) is 0 Å². The molecule has 2 N–H and O–H groups in total. The van der Waals surface area contributed by atoms with Gasteiger partial charge in [-0.05, 0) is 49.8 Å². The third-order valence-corrected chi connectivity index (χ3v) is 3.85. The Kier molecular flexibility index (Phi) is 6.25. The molecular weight excluding hydrogens is 365 g/mol. The van der Waals surface area contributed by atoms with Crippen molar-refractivity contribution in [2.24, 2.45) is 0 Å². The summed E-state index contributed by atoms with van der Waals surface area (Å²) in [7, 11) is 0. The monoisotopic (exact) mass is 382 g/mol. The van der Waals surface area contributed by atoms with E-state index in [-0.39, 0.29) is 10.8 Å². The van der Waals surface area contributed by atoms with Crippen LogP contribution in [0.5, 0.6) is 0 Å². The first-order valence-electron chi connectivity index (χ1n) is 7.77. The molecule has 26 heavy (non-hydrogen) atoms. The normalized spacial score (nSPS) is 12.3. The molecule has 0 saturated heterocycles. The van der Waals surface area contributed by atoms with E-state index in [0.29, 0.717) is 17.8 Å². The Labute approximate surface area is 154 Å². The van der Waals surface area contributed by atoms with E-state index in [1.54, 1.807) is 26.0 Å². The average Bonchev–Trinajstić information content (AvgIpc) is 2.56. The zero-order chi connectivity index (χ0) is 19.3. The Bertz CT molecular complexity index is 811. The molecule has 0 aliphatic rings. The van der Waals surface area contributed by atoms with Gasteiger partial charge in [0.2, 0.25) is 5.91 Å². The lowest BCUT2D eigenvalue weighted by Gasteiger charge is -2.19. The summed E-state index contributed by atoms with van der Waals surface area (Å²) in [5, 5.41) is 5.36. The number of rotatable bonds is 4. The van der Waals surface area contributed by atoms with Crippen LogP contribution in [0, 0.1) is 6.92 Å². The highest BCUT2D eigenvalue weighted by Gasteiger charge is 2.33. The Balaban J connectivity index is 2.50. The number of nitrogens with zero attached hydrogens (tertiary/aromatic N) is 2. The fourth-order valence-electron chi connectivity index (χ4n) is 2.41. The van der Waals surface area contributed by atoms with E-state index >= 15 is 0 Å². The lowest BCUT2D eigenvalue weighted by molar-refractivity contribution is -0.137. The van der Waals surface area contributed by atoms with Crippen LogP contribution in [-0.2, 0) is 11.0 Å². The second kappa shape index (κ2) is 8.22. The molecular formula is C17H17F3N4OS. The quantitative estimate of drug-likeness (QED) is 0.796. The number of hydrogen-bond donors (Lipinski definition) is 2. The number of carbonyl (C=O) groups excluding carboxylic acids is 1. The zero-order valence-electron chi connectivity index (χ0n) is 14.1. The first-order valence-corrected chi connectivity index (χ1v) is 8.18. The molecule has 0 fully saturated rings. The summed E-state index contributed by atoms with van der Waals surface area (Å²) in [6.07, 6.45) is -1.97. The van der Waals surface area contributed by atoms with Crippen LogP contribution >= 0.6 is 12.2 Å². The van der Waals surface area contributed by atoms with Gasteiger partial charge in [0.05, 0.1) is 11.3 Å². The first kappa shape index (κ1) is 19.8. The van der Waals surface area contributed by atoms with Crippen molar-refractivity contribution < 1.29 is 18.0 Å². The van der Waals surface area contributed by atoms with Crippen molar-refractivity contribution in [1.82, 2.24) is 20.6 Å².